The van der Waals surface area contributed by atoms with Gasteiger partial charge in [0.1, 0.15) is 6.10 Å². The van der Waals surface area contributed by atoms with Crippen molar-refractivity contribution in [2.45, 2.75) is 63.3 Å². The first-order chi connectivity index (χ1) is 9.08. The Morgan fingerprint density at radius 1 is 0.895 bits per heavy atom. The molecule has 0 radical (unpaired) electrons. The van der Waals surface area contributed by atoms with E-state index in [0.717, 1.165) is 6.54 Å². The van der Waals surface area contributed by atoms with Crippen molar-refractivity contribution in [3.05, 3.63) is 0 Å². The lowest BCUT2D eigenvalue weighted by Gasteiger charge is -2.48. The molecule has 0 aromatic carbocycles. The summed E-state index contributed by atoms with van der Waals surface area (Å²) in [6.45, 7) is 1.97. The minimum atomic E-state index is -0.971. The van der Waals surface area contributed by atoms with Crippen LogP contribution >= 0.6 is 0 Å². The van der Waals surface area contributed by atoms with Gasteiger partial charge in [0.25, 0.3) is 0 Å². The van der Waals surface area contributed by atoms with Crippen molar-refractivity contribution in [3.8, 4) is 0 Å². The molecule has 4 nitrogen and oxygen atoms in total. The van der Waals surface area contributed by atoms with Gasteiger partial charge in [-0.05, 0) is 49.9 Å². The number of aliphatic hydroxyl groups excluding tert-OH is 3. The zero-order chi connectivity index (χ0) is 13.5. The van der Waals surface area contributed by atoms with Crippen LogP contribution in [0, 0.1) is 11.3 Å². The number of likely N-dealkylation sites (tertiary alicyclic amines) is 1. The van der Waals surface area contributed by atoms with Crippen LogP contribution in [-0.4, -0.2) is 58.2 Å². The Labute approximate surface area is 115 Å². The number of hydrogen-bond acceptors (Lipinski definition) is 4. The molecule has 4 heteroatoms. The summed E-state index contributed by atoms with van der Waals surface area (Å²) < 4.78 is 0. The fourth-order valence-electron chi connectivity index (χ4n) is 4.24. The summed E-state index contributed by atoms with van der Waals surface area (Å²) in [7, 11) is 0. The fraction of sp³-hybridized carbons (Fsp3) is 1.00. The van der Waals surface area contributed by atoms with E-state index in [1.807, 2.05) is 0 Å². The van der Waals surface area contributed by atoms with Gasteiger partial charge in [-0.2, -0.15) is 0 Å². The lowest BCUT2D eigenvalue weighted by atomic mass is 9.59. The van der Waals surface area contributed by atoms with Gasteiger partial charge in [-0.15, -0.1) is 0 Å². The smallest absolute Gasteiger partial charge is 0.108 e. The molecule has 1 spiro atoms. The van der Waals surface area contributed by atoms with Crippen molar-refractivity contribution in [3.63, 3.8) is 0 Å². The molecule has 3 atom stereocenters. The third kappa shape index (κ3) is 2.82. The fourth-order valence-corrected chi connectivity index (χ4v) is 4.24. The van der Waals surface area contributed by atoms with E-state index in [1.165, 1.54) is 44.9 Å². The summed E-state index contributed by atoms with van der Waals surface area (Å²) in [6.07, 6.45) is 7.07. The van der Waals surface area contributed by atoms with Crippen molar-refractivity contribution < 1.29 is 15.3 Å². The molecule has 3 fully saturated rings. The quantitative estimate of drug-likeness (QED) is 0.692. The largest absolute Gasteiger partial charge is 0.389 e. The molecule has 0 amide bonds. The Kier molecular flexibility index (Phi) is 3.87. The van der Waals surface area contributed by atoms with Gasteiger partial charge in [-0.1, -0.05) is 6.42 Å². The highest BCUT2D eigenvalue weighted by molar-refractivity contribution is 4.93. The minimum absolute atomic E-state index is 0.500. The van der Waals surface area contributed by atoms with Gasteiger partial charge in [-0.25, -0.2) is 0 Å². The zero-order valence-corrected chi connectivity index (χ0v) is 11.7. The van der Waals surface area contributed by atoms with Crippen molar-refractivity contribution in [2.75, 3.05) is 19.6 Å². The standard InChI is InChI=1S/C15H27NO3/c17-12-9-16(10-13(18)14(12)19)8-11-2-6-15(7-3-11)4-1-5-15/h11-14,17-19H,1-10H2/t12-,13+,14+. The first-order valence-electron chi connectivity index (χ1n) is 7.85. The van der Waals surface area contributed by atoms with Crippen LogP contribution in [0.2, 0.25) is 0 Å². The first-order valence-corrected chi connectivity index (χ1v) is 7.85. The van der Waals surface area contributed by atoms with E-state index >= 15 is 0 Å². The molecule has 110 valence electrons. The van der Waals surface area contributed by atoms with E-state index in [0.29, 0.717) is 24.4 Å². The molecular weight excluding hydrogens is 242 g/mol. The van der Waals surface area contributed by atoms with Gasteiger partial charge in [-0.3, -0.25) is 4.90 Å². The van der Waals surface area contributed by atoms with Crippen molar-refractivity contribution in [1.82, 2.24) is 4.90 Å². The lowest BCUT2D eigenvalue weighted by molar-refractivity contribution is -0.113. The van der Waals surface area contributed by atoms with Gasteiger partial charge in [0.15, 0.2) is 0 Å². The maximum atomic E-state index is 9.73. The van der Waals surface area contributed by atoms with E-state index < -0.39 is 18.3 Å². The average molecular weight is 269 g/mol. The van der Waals surface area contributed by atoms with Gasteiger partial charge >= 0.3 is 0 Å². The second-order valence-corrected chi connectivity index (χ2v) is 7.14. The molecule has 2 aliphatic carbocycles. The Morgan fingerprint density at radius 2 is 1.47 bits per heavy atom. The highest BCUT2D eigenvalue weighted by Crippen LogP contribution is 2.52. The number of β-amino-alcohol motifs (C(OH)–C–C–N with tert-alkyl or cyclic N) is 2. The van der Waals surface area contributed by atoms with Crippen LogP contribution in [0.25, 0.3) is 0 Å². The molecule has 0 aromatic rings. The van der Waals surface area contributed by atoms with Crippen LogP contribution in [0.3, 0.4) is 0 Å². The van der Waals surface area contributed by atoms with Crippen LogP contribution < -0.4 is 0 Å². The SMILES string of the molecule is O[C@H]1[C@H](O)CN(CC2CCC3(CCC3)CC2)C[C@@H]1O. The summed E-state index contributed by atoms with van der Waals surface area (Å²) in [6, 6.07) is 0. The van der Waals surface area contributed by atoms with Gasteiger partial charge in [0, 0.05) is 19.6 Å². The molecule has 3 aliphatic rings. The topological polar surface area (TPSA) is 63.9 Å². The highest BCUT2D eigenvalue weighted by atomic mass is 16.4. The third-order valence-corrected chi connectivity index (χ3v) is 5.78. The predicted molar refractivity (Wildman–Crippen MR) is 72.7 cm³/mol. The second kappa shape index (κ2) is 5.32. The summed E-state index contributed by atoms with van der Waals surface area (Å²) >= 11 is 0. The van der Waals surface area contributed by atoms with E-state index in [1.54, 1.807) is 0 Å². The minimum Gasteiger partial charge on any atom is -0.389 e. The van der Waals surface area contributed by atoms with E-state index in [-0.39, 0.29) is 0 Å². The van der Waals surface area contributed by atoms with Crippen LogP contribution in [-0.2, 0) is 0 Å². The van der Waals surface area contributed by atoms with Crippen molar-refractivity contribution in [2.24, 2.45) is 11.3 Å². The molecular formula is C15H27NO3. The van der Waals surface area contributed by atoms with Crippen LogP contribution in [0.4, 0.5) is 0 Å². The predicted octanol–water partition coefficient (Wildman–Crippen LogP) is 0.745. The van der Waals surface area contributed by atoms with Crippen LogP contribution in [0.1, 0.15) is 44.9 Å². The first kappa shape index (κ1) is 13.8. The molecule has 1 heterocycles. The molecule has 1 aliphatic heterocycles. The molecule has 1 saturated heterocycles. The second-order valence-electron chi connectivity index (χ2n) is 7.14. The summed E-state index contributed by atoms with van der Waals surface area (Å²) in [5.74, 6) is 0.709. The molecule has 2 saturated carbocycles. The molecule has 0 unspecified atom stereocenters. The summed E-state index contributed by atoms with van der Waals surface area (Å²) in [5.41, 5.74) is 0.702. The van der Waals surface area contributed by atoms with Crippen LogP contribution in [0.5, 0.6) is 0 Å². The Balaban J connectivity index is 1.47. The number of aliphatic hydroxyl groups is 3. The number of rotatable bonds is 2. The number of hydrogen-bond donors (Lipinski definition) is 3. The Hall–Kier alpha value is -0.160. The summed E-state index contributed by atoms with van der Waals surface area (Å²) in [5, 5.41) is 29.0. The zero-order valence-electron chi connectivity index (χ0n) is 11.7. The molecule has 0 bridgehead atoms. The van der Waals surface area contributed by atoms with E-state index in [9.17, 15) is 15.3 Å². The maximum absolute atomic E-state index is 9.73. The highest BCUT2D eigenvalue weighted by Gasteiger charge is 2.41. The molecule has 3 rings (SSSR count). The third-order valence-electron chi connectivity index (χ3n) is 5.78. The van der Waals surface area contributed by atoms with Crippen LogP contribution in [0.15, 0.2) is 0 Å². The maximum Gasteiger partial charge on any atom is 0.108 e. The van der Waals surface area contributed by atoms with Crippen molar-refractivity contribution in [1.29, 1.82) is 0 Å². The van der Waals surface area contributed by atoms with E-state index in [2.05, 4.69) is 4.90 Å². The van der Waals surface area contributed by atoms with Gasteiger partial charge in [0.05, 0.1) is 12.2 Å². The lowest BCUT2D eigenvalue weighted by Crippen LogP contribution is -2.56. The van der Waals surface area contributed by atoms with Gasteiger partial charge < -0.3 is 15.3 Å². The monoisotopic (exact) mass is 269 g/mol. The Bertz CT molecular complexity index is 297. The van der Waals surface area contributed by atoms with Gasteiger partial charge in [0.2, 0.25) is 0 Å². The average Bonchev–Trinajstić information content (AvgIpc) is 2.35. The number of nitrogens with zero attached hydrogens (tertiary/aromatic N) is 1. The Morgan fingerprint density at radius 3 is 1.95 bits per heavy atom. The molecule has 0 aromatic heterocycles. The van der Waals surface area contributed by atoms with Crippen molar-refractivity contribution >= 4 is 0 Å². The number of piperidine rings is 1. The van der Waals surface area contributed by atoms with E-state index in [4.69, 9.17) is 0 Å². The normalized spacial score (nSPS) is 40.3. The molecule has 19 heavy (non-hydrogen) atoms. The molecule has 3 N–H and O–H groups in total. The summed E-state index contributed by atoms with van der Waals surface area (Å²) in [4.78, 5) is 2.13.